The van der Waals surface area contributed by atoms with E-state index in [-0.39, 0.29) is 17.3 Å². The van der Waals surface area contributed by atoms with Gasteiger partial charge in [0.05, 0.1) is 12.4 Å². The average Bonchev–Trinajstić information content (AvgIpc) is 2.53. The summed E-state index contributed by atoms with van der Waals surface area (Å²) < 4.78 is 0. The van der Waals surface area contributed by atoms with Crippen LogP contribution < -0.4 is 0 Å². The maximum absolute atomic E-state index is 12.4. The molecule has 1 aromatic carbocycles. The molecule has 2 aromatic rings. The normalized spacial score (nSPS) is 13.6. The Morgan fingerprint density at radius 2 is 1.81 bits per heavy atom. The van der Waals surface area contributed by atoms with Gasteiger partial charge in [-0.1, -0.05) is 24.3 Å². The molecule has 0 aliphatic carbocycles. The Bertz CT molecular complexity index is 715. The Hall–Kier alpha value is -2.76. The molecule has 0 unspecified atom stereocenters. The standard InChI is InChI=1S/C15H13N3O3/c19-14(12-7-16-8-13(17-12)15(20)21)18-6-5-10-3-1-2-4-11(10)9-18/h1-4,7-8H,5-6,9H2,(H,20,21). The van der Waals surface area contributed by atoms with E-state index in [1.165, 1.54) is 11.8 Å². The Morgan fingerprint density at radius 1 is 1.10 bits per heavy atom. The van der Waals surface area contributed by atoms with Gasteiger partial charge in [-0.15, -0.1) is 0 Å². The van der Waals surface area contributed by atoms with Crippen LogP contribution in [-0.2, 0) is 13.0 Å². The van der Waals surface area contributed by atoms with Gasteiger partial charge in [0.15, 0.2) is 5.69 Å². The molecule has 1 amide bonds. The van der Waals surface area contributed by atoms with E-state index in [0.29, 0.717) is 13.1 Å². The summed E-state index contributed by atoms with van der Waals surface area (Å²) in [5.41, 5.74) is 2.19. The van der Waals surface area contributed by atoms with Gasteiger partial charge in [0, 0.05) is 13.1 Å². The second-order valence-electron chi connectivity index (χ2n) is 4.84. The van der Waals surface area contributed by atoms with Crippen molar-refractivity contribution in [2.75, 3.05) is 6.54 Å². The molecule has 0 atom stereocenters. The maximum Gasteiger partial charge on any atom is 0.356 e. The van der Waals surface area contributed by atoms with Crippen LogP contribution in [0.2, 0.25) is 0 Å². The molecule has 106 valence electrons. The van der Waals surface area contributed by atoms with Gasteiger partial charge < -0.3 is 10.0 Å². The van der Waals surface area contributed by atoms with E-state index < -0.39 is 5.97 Å². The zero-order valence-electron chi connectivity index (χ0n) is 11.2. The van der Waals surface area contributed by atoms with Gasteiger partial charge in [0.25, 0.3) is 5.91 Å². The van der Waals surface area contributed by atoms with Crippen molar-refractivity contribution in [3.8, 4) is 0 Å². The van der Waals surface area contributed by atoms with Crippen LogP contribution in [0.25, 0.3) is 0 Å². The van der Waals surface area contributed by atoms with E-state index in [1.807, 2.05) is 18.2 Å². The molecule has 6 nitrogen and oxygen atoms in total. The van der Waals surface area contributed by atoms with E-state index in [9.17, 15) is 9.59 Å². The molecule has 0 fully saturated rings. The molecule has 0 saturated heterocycles. The zero-order valence-corrected chi connectivity index (χ0v) is 11.2. The van der Waals surface area contributed by atoms with Crippen LogP contribution in [0.3, 0.4) is 0 Å². The fourth-order valence-corrected chi connectivity index (χ4v) is 2.40. The number of carboxylic acids is 1. The van der Waals surface area contributed by atoms with Crippen molar-refractivity contribution in [2.45, 2.75) is 13.0 Å². The van der Waals surface area contributed by atoms with Crippen LogP contribution in [-0.4, -0.2) is 38.4 Å². The number of benzene rings is 1. The molecule has 6 heteroatoms. The molecule has 0 bridgehead atoms. The number of rotatable bonds is 2. The van der Waals surface area contributed by atoms with E-state index in [0.717, 1.165) is 18.2 Å². The number of fused-ring (bicyclic) bond motifs is 1. The van der Waals surface area contributed by atoms with Gasteiger partial charge in [0.2, 0.25) is 0 Å². The Labute approximate surface area is 121 Å². The summed E-state index contributed by atoms with van der Waals surface area (Å²) in [6.45, 7) is 1.10. The van der Waals surface area contributed by atoms with Crippen molar-refractivity contribution >= 4 is 11.9 Å². The third-order valence-corrected chi connectivity index (χ3v) is 3.49. The summed E-state index contributed by atoms with van der Waals surface area (Å²) in [7, 11) is 0. The van der Waals surface area contributed by atoms with Crippen molar-refractivity contribution < 1.29 is 14.7 Å². The highest BCUT2D eigenvalue weighted by Crippen LogP contribution is 2.19. The number of hydrogen-bond acceptors (Lipinski definition) is 4. The van der Waals surface area contributed by atoms with Crippen LogP contribution in [0.1, 0.15) is 32.1 Å². The van der Waals surface area contributed by atoms with Crippen LogP contribution in [0, 0.1) is 0 Å². The third kappa shape index (κ3) is 2.60. The van der Waals surface area contributed by atoms with E-state index in [2.05, 4.69) is 16.0 Å². The molecule has 1 aliphatic heterocycles. The lowest BCUT2D eigenvalue weighted by Gasteiger charge is -2.28. The molecule has 1 aromatic heterocycles. The van der Waals surface area contributed by atoms with Gasteiger partial charge >= 0.3 is 5.97 Å². The highest BCUT2D eigenvalue weighted by molar-refractivity contribution is 5.93. The second-order valence-corrected chi connectivity index (χ2v) is 4.84. The second kappa shape index (κ2) is 5.32. The number of carboxylic acid groups (broad SMARTS) is 1. The van der Waals surface area contributed by atoms with Crippen LogP contribution in [0.5, 0.6) is 0 Å². The number of hydrogen-bond donors (Lipinski definition) is 1. The fourth-order valence-electron chi connectivity index (χ4n) is 2.40. The first-order chi connectivity index (χ1) is 10.1. The molecular weight excluding hydrogens is 270 g/mol. The van der Waals surface area contributed by atoms with Gasteiger partial charge in [-0.25, -0.2) is 9.78 Å². The van der Waals surface area contributed by atoms with E-state index in [4.69, 9.17) is 5.11 Å². The summed E-state index contributed by atoms with van der Waals surface area (Å²) in [6, 6.07) is 7.98. The lowest BCUT2D eigenvalue weighted by molar-refractivity contribution is 0.0688. The van der Waals surface area contributed by atoms with Gasteiger partial charge in [0.1, 0.15) is 5.69 Å². The first kappa shape index (κ1) is 13.2. The van der Waals surface area contributed by atoms with Crippen LogP contribution >= 0.6 is 0 Å². The predicted molar refractivity (Wildman–Crippen MR) is 73.9 cm³/mol. The van der Waals surface area contributed by atoms with Crippen molar-refractivity contribution in [1.82, 2.24) is 14.9 Å². The smallest absolute Gasteiger partial charge is 0.356 e. The monoisotopic (exact) mass is 283 g/mol. The zero-order chi connectivity index (χ0) is 14.8. The quantitative estimate of drug-likeness (QED) is 0.900. The Morgan fingerprint density at radius 3 is 2.57 bits per heavy atom. The number of carbonyl (C=O) groups excluding carboxylic acids is 1. The first-order valence-electron chi connectivity index (χ1n) is 6.56. The summed E-state index contributed by atoms with van der Waals surface area (Å²) in [6.07, 6.45) is 3.22. The SMILES string of the molecule is O=C(O)c1cncc(C(=O)N2CCc3ccccc3C2)n1. The van der Waals surface area contributed by atoms with Crippen molar-refractivity contribution in [1.29, 1.82) is 0 Å². The number of nitrogens with zero attached hydrogens (tertiary/aromatic N) is 3. The van der Waals surface area contributed by atoms with Crippen molar-refractivity contribution in [3.05, 3.63) is 59.2 Å². The minimum Gasteiger partial charge on any atom is -0.476 e. The maximum atomic E-state index is 12.4. The summed E-state index contributed by atoms with van der Waals surface area (Å²) in [4.78, 5) is 32.6. The predicted octanol–water partition coefficient (Wildman–Crippen LogP) is 1.37. The molecule has 0 radical (unpaired) electrons. The number of aromatic carboxylic acids is 1. The highest BCUT2D eigenvalue weighted by atomic mass is 16.4. The first-order valence-corrected chi connectivity index (χ1v) is 6.56. The molecule has 1 N–H and O–H groups in total. The van der Waals surface area contributed by atoms with Gasteiger partial charge in [-0.2, -0.15) is 0 Å². The molecule has 3 rings (SSSR count). The van der Waals surface area contributed by atoms with Crippen molar-refractivity contribution in [2.24, 2.45) is 0 Å². The minimum absolute atomic E-state index is 0.0641. The van der Waals surface area contributed by atoms with Crippen LogP contribution in [0.15, 0.2) is 36.7 Å². The number of aromatic nitrogens is 2. The number of carbonyl (C=O) groups is 2. The number of amides is 1. The largest absolute Gasteiger partial charge is 0.476 e. The molecule has 2 heterocycles. The molecule has 21 heavy (non-hydrogen) atoms. The average molecular weight is 283 g/mol. The van der Waals surface area contributed by atoms with Gasteiger partial charge in [-0.3, -0.25) is 9.78 Å². The molecule has 0 saturated carbocycles. The highest BCUT2D eigenvalue weighted by Gasteiger charge is 2.23. The lowest BCUT2D eigenvalue weighted by Crippen LogP contribution is -2.36. The Balaban J connectivity index is 1.84. The minimum atomic E-state index is -1.19. The van der Waals surface area contributed by atoms with Crippen LogP contribution in [0.4, 0.5) is 0 Å². The molecular formula is C15H13N3O3. The summed E-state index contributed by atoms with van der Waals surface area (Å²) >= 11 is 0. The summed E-state index contributed by atoms with van der Waals surface area (Å²) in [5, 5.41) is 8.90. The van der Waals surface area contributed by atoms with Gasteiger partial charge in [-0.05, 0) is 17.5 Å². The molecule has 1 aliphatic rings. The third-order valence-electron chi connectivity index (χ3n) is 3.49. The fraction of sp³-hybridized carbons (Fsp3) is 0.200. The van der Waals surface area contributed by atoms with Crippen molar-refractivity contribution in [3.63, 3.8) is 0 Å². The summed E-state index contributed by atoms with van der Waals surface area (Å²) in [5.74, 6) is -1.48. The molecule has 0 spiro atoms. The Kier molecular flexibility index (Phi) is 3.35. The topological polar surface area (TPSA) is 83.4 Å². The van der Waals surface area contributed by atoms with E-state index >= 15 is 0 Å². The lowest BCUT2D eigenvalue weighted by atomic mass is 10.00. The van der Waals surface area contributed by atoms with E-state index in [1.54, 1.807) is 4.90 Å².